The van der Waals surface area contributed by atoms with E-state index in [4.69, 9.17) is 4.74 Å². The zero-order valence-electron chi connectivity index (χ0n) is 12.8. The van der Waals surface area contributed by atoms with Crippen molar-refractivity contribution in [3.05, 3.63) is 18.0 Å². The van der Waals surface area contributed by atoms with Crippen molar-refractivity contribution < 1.29 is 9.53 Å². The molecule has 0 spiro atoms. The Bertz CT molecular complexity index is 449. The second-order valence-electron chi connectivity index (χ2n) is 5.27. The summed E-state index contributed by atoms with van der Waals surface area (Å²) in [4.78, 5) is 22.9. The molecule has 0 aromatic carbocycles. The molecule has 1 N–H and O–H groups in total. The van der Waals surface area contributed by atoms with Crippen LogP contribution in [0.15, 0.2) is 12.4 Å². The predicted octanol–water partition coefficient (Wildman–Crippen LogP) is 1.94. The molecule has 2 rings (SSSR count). The van der Waals surface area contributed by atoms with Gasteiger partial charge in [0, 0.05) is 38.6 Å². The van der Waals surface area contributed by atoms with Gasteiger partial charge in [-0.15, -0.1) is 0 Å². The van der Waals surface area contributed by atoms with Gasteiger partial charge in [-0.2, -0.15) is 0 Å². The minimum atomic E-state index is 0.0463. The average Bonchev–Trinajstić information content (AvgIpc) is 2.55. The molecule has 1 unspecified atom stereocenters. The molecule has 0 radical (unpaired) electrons. The van der Waals surface area contributed by atoms with Crippen LogP contribution in [0.3, 0.4) is 0 Å². The van der Waals surface area contributed by atoms with E-state index in [-0.39, 0.29) is 5.91 Å². The second kappa shape index (κ2) is 7.93. The normalized spacial score (nSPS) is 18.6. The molecular weight excluding hydrogens is 268 g/mol. The first-order valence-corrected chi connectivity index (χ1v) is 7.62. The highest BCUT2D eigenvalue weighted by molar-refractivity contribution is 5.94. The molecule has 1 saturated heterocycles. The van der Waals surface area contributed by atoms with E-state index in [9.17, 15) is 4.79 Å². The van der Waals surface area contributed by atoms with E-state index in [1.165, 1.54) is 6.42 Å². The average molecular weight is 292 g/mol. The minimum Gasteiger partial charge on any atom is -0.383 e. The number of hydrogen-bond acceptors (Lipinski definition) is 5. The molecule has 1 atom stereocenters. The third-order valence-corrected chi connectivity index (χ3v) is 3.85. The van der Waals surface area contributed by atoms with Gasteiger partial charge in [-0.3, -0.25) is 4.79 Å². The number of likely N-dealkylation sites (tertiary alicyclic amines) is 1. The number of piperidine rings is 1. The lowest BCUT2D eigenvalue weighted by Gasteiger charge is -2.35. The number of methoxy groups -OCH3 is 1. The summed E-state index contributed by atoms with van der Waals surface area (Å²) in [6, 6.07) is 0.353. The summed E-state index contributed by atoms with van der Waals surface area (Å²) in [5.41, 5.74) is 0.563. The van der Waals surface area contributed by atoms with Gasteiger partial charge in [-0.05, 0) is 25.7 Å². The van der Waals surface area contributed by atoms with Crippen molar-refractivity contribution in [2.45, 2.75) is 38.6 Å². The van der Waals surface area contributed by atoms with E-state index in [1.807, 2.05) is 4.90 Å². The van der Waals surface area contributed by atoms with Crippen LogP contribution >= 0.6 is 0 Å². The summed E-state index contributed by atoms with van der Waals surface area (Å²) in [7, 11) is 1.65. The summed E-state index contributed by atoms with van der Waals surface area (Å²) >= 11 is 0. The van der Waals surface area contributed by atoms with Crippen LogP contribution in [-0.4, -0.2) is 53.6 Å². The minimum absolute atomic E-state index is 0.0463. The molecule has 21 heavy (non-hydrogen) atoms. The first-order valence-electron chi connectivity index (χ1n) is 7.62. The van der Waals surface area contributed by atoms with Crippen molar-refractivity contribution in [3.8, 4) is 0 Å². The number of aromatic nitrogens is 2. The molecule has 2 heterocycles. The highest BCUT2D eigenvalue weighted by Crippen LogP contribution is 2.21. The monoisotopic (exact) mass is 292 g/mol. The number of anilines is 1. The molecule has 1 aromatic rings. The quantitative estimate of drug-likeness (QED) is 0.812. The summed E-state index contributed by atoms with van der Waals surface area (Å²) < 4.78 is 4.95. The number of amides is 1. The smallest absolute Gasteiger partial charge is 0.257 e. The van der Waals surface area contributed by atoms with Gasteiger partial charge >= 0.3 is 0 Å². The SMILES string of the molecule is CCC1CCCCN1C(=O)c1cnc(NCCOC)nc1. The maximum Gasteiger partial charge on any atom is 0.257 e. The van der Waals surface area contributed by atoms with Gasteiger partial charge in [0.05, 0.1) is 12.2 Å². The third kappa shape index (κ3) is 4.14. The Kier molecular flexibility index (Phi) is 5.92. The van der Waals surface area contributed by atoms with Gasteiger partial charge in [0.25, 0.3) is 5.91 Å². The van der Waals surface area contributed by atoms with Crippen LogP contribution in [0.5, 0.6) is 0 Å². The maximum atomic E-state index is 12.5. The third-order valence-electron chi connectivity index (χ3n) is 3.85. The van der Waals surface area contributed by atoms with E-state index in [2.05, 4.69) is 22.2 Å². The molecule has 0 bridgehead atoms. The second-order valence-corrected chi connectivity index (χ2v) is 5.27. The van der Waals surface area contributed by atoms with Gasteiger partial charge in [0.15, 0.2) is 0 Å². The standard InChI is InChI=1S/C15H24N4O2/c1-3-13-6-4-5-8-19(13)14(20)12-10-17-15(18-11-12)16-7-9-21-2/h10-11,13H,3-9H2,1-2H3,(H,16,17,18). The summed E-state index contributed by atoms with van der Waals surface area (Å²) in [5.74, 6) is 0.569. The van der Waals surface area contributed by atoms with Crippen molar-refractivity contribution in [2.75, 3.05) is 32.1 Å². The fraction of sp³-hybridized carbons (Fsp3) is 0.667. The van der Waals surface area contributed by atoms with Crippen molar-refractivity contribution in [1.29, 1.82) is 0 Å². The van der Waals surface area contributed by atoms with Gasteiger partial charge in [-0.1, -0.05) is 6.92 Å². The molecule has 1 aromatic heterocycles. The largest absolute Gasteiger partial charge is 0.383 e. The molecule has 1 fully saturated rings. The fourth-order valence-electron chi connectivity index (χ4n) is 2.65. The fourth-order valence-corrected chi connectivity index (χ4v) is 2.65. The predicted molar refractivity (Wildman–Crippen MR) is 81.4 cm³/mol. The zero-order valence-corrected chi connectivity index (χ0v) is 12.8. The number of carbonyl (C=O) groups excluding carboxylic acids is 1. The number of carbonyl (C=O) groups is 1. The summed E-state index contributed by atoms with van der Waals surface area (Å²) in [6.07, 6.45) is 7.60. The van der Waals surface area contributed by atoms with Crippen LogP contribution in [-0.2, 0) is 4.74 Å². The first-order chi connectivity index (χ1) is 10.3. The highest BCUT2D eigenvalue weighted by atomic mass is 16.5. The molecule has 0 aliphatic carbocycles. The van der Waals surface area contributed by atoms with Crippen molar-refractivity contribution in [3.63, 3.8) is 0 Å². The molecule has 0 saturated carbocycles. The first kappa shape index (κ1) is 15.7. The van der Waals surface area contributed by atoms with Crippen LogP contribution in [0, 0.1) is 0 Å². The van der Waals surface area contributed by atoms with Gasteiger partial charge in [0.2, 0.25) is 5.95 Å². The summed E-state index contributed by atoms with van der Waals surface area (Å²) in [5, 5.41) is 3.04. The zero-order chi connectivity index (χ0) is 15.1. The topological polar surface area (TPSA) is 67.4 Å². The number of nitrogens with one attached hydrogen (secondary N) is 1. The van der Waals surface area contributed by atoms with Crippen molar-refractivity contribution >= 4 is 11.9 Å². The Morgan fingerprint density at radius 3 is 2.86 bits per heavy atom. The van der Waals surface area contributed by atoms with Crippen LogP contribution < -0.4 is 5.32 Å². The molecule has 6 heteroatoms. The molecule has 1 amide bonds. The van der Waals surface area contributed by atoms with E-state index >= 15 is 0 Å². The lowest BCUT2D eigenvalue weighted by Crippen LogP contribution is -2.43. The van der Waals surface area contributed by atoms with Crippen molar-refractivity contribution in [2.24, 2.45) is 0 Å². The van der Waals surface area contributed by atoms with Crippen LogP contribution in [0.4, 0.5) is 5.95 Å². The van der Waals surface area contributed by atoms with E-state index in [0.717, 1.165) is 25.8 Å². The summed E-state index contributed by atoms with van der Waals surface area (Å²) in [6.45, 7) is 4.21. The number of rotatable bonds is 6. The van der Waals surface area contributed by atoms with Crippen molar-refractivity contribution in [1.82, 2.24) is 14.9 Å². The Morgan fingerprint density at radius 1 is 1.43 bits per heavy atom. The van der Waals surface area contributed by atoms with Gasteiger partial charge < -0.3 is 15.0 Å². The molecular formula is C15H24N4O2. The van der Waals surface area contributed by atoms with Gasteiger partial charge in [0.1, 0.15) is 0 Å². The molecule has 116 valence electrons. The molecule has 6 nitrogen and oxygen atoms in total. The number of nitrogens with zero attached hydrogens (tertiary/aromatic N) is 3. The Morgan fingerprint density at radius 2 is 2.19 bits per heavy atom. The van der Waals surface area contributed by atoms with Crippen LogP contribution in [0.2, 0.25) is 0 Å². The Labute approximate surface area is 125 Å². The van der Waals surface area contributed by atoms with E-state index in [1.54, 1.807) is 19.5 Å². The maximum absolute atomic E-state index is 12.5. The van der Waals surface area contributed by atoms with E-state index in [0.29, 0.717) is 30.7 Å². The molecule has 1 aliphatic heterocycles. The Hall–Kier alpha value is -1.69. The number of hydrogen-bond donors (Lipinski definition) is 1. The van der Waals surface area contributed by atoms with Gasteiger partial charge in [-0.25, -0.2) is 9.97 Å². The highest BCUT2D eigenvalue weighted by Gasteiger charge is 2.26. The Balaban J connectivity index is 1.98. The van der Waals surface area contributed by atoms with E-state index < -0.39 is 0 Å². The van der Waals surface area contributed by atoms with Crippen LogP contribution in [0.1, 0.15) is 43.0 Å². The number of ether oxygens (including phenoxy) is 1. The lowest BCUT2D eigenvalue weighted by molar-refractivity contribution is 0.0607. The lowest BCUT2D eigenvalue weighted by atomic mass is 9.99. The van der Waals surface area contributed by atoms with Crippen LogP contribution in [0.25, 0.3) is 0 Å². The molecule has 1 aliphatic rings.